The molecule has 0 aliphatic rings. The molecule has 0 spiro atoms. The highest BCUT2D eigenvalue weighted by atomic mass is 19.3. The number of carbonyl (C=O) groups excluding carboxylic acids is 1. The lowest BCUT2D eigenvalue weighted by molar-refractivity contribution is 0.0827. The first-order valence-corrected chi connectivity index (χ1v) is 5.43. The minimum atomic E-state index is -2.47. The fourth-order valence-corrected chi connectivity index (χ4v) is 1.59. The third-order valence-electron chi connectivity index (χ3n) is 2.48. The molecular formula is C12H17F2N3O. The minimum absolute atomic E-state index is 0.244. The summed E-state index contributed by atoms with van der Waals surface area (Å²) in [5.41, 5.74) is 6.83. The van der Waals surface area contributed by atoms with Gasteiger partial charge >= 0.3 is 0 Å². The van der Waals surface area contributed by atoms with Crippen LogP contribution in [0.3, 0.4) is 0 Å². The lowest BCUT2D eigenvalue weighted by Gasteiger charge is -2.23. The molecule has 4 nitrogen and oxygen atoms in total. The molecule has 100 valence electrons. The molecule has 0 saturated heterocycles. The van der Waals surface area contributed by atoms with Gasteiger partial charge in [0.1, 0.15) is 0 Å². The summed E-state index contributed by atoms with van der Waals surface area (Å²) >= 11 is 0. The molecule has 0 heterocycles. The molecule has 1 amide bonds. The van der Waals surface area contributed by atoms with Crippen molar-refractivity contribution in [3.8, 4) is 0 Å². The van der Waals surface area contributed by atoms with E-state index in [-0.39, 0.29) is 5.91 Å². The zero-order valence-corrected chi connectivity index (χ0v) is 10.7. The Kier molecular flexibility index (Phi) is 4.47. The van der Waals surface area contributed by atoms with Gasteiger partial charge in [-0.25, -0.2) is 8.78 Å². The van der Waals surface area contributed by atoms with Gasteiger partial charge in [0.2, 0.25) is 0 Å². The molecule has 0 radical (unpaired) electrons. The van der Waals surface area contributed by atoms with Crippen molar-refractivity contribution in [1.82, 2.24) is 4.90 Å². The average Bonchev–Trinajstić information content (AvgIpc) is 2.26. The van der Waals surface area contributed by atoms with Gasteiger partial charge in [-0.1, -0.05) is 0 Å². The first-order valence-electron chi connectivity index (χ1n) is 5.43. The van der Waals surface area contributed by atoms with Crippen LogP contribution in [0.4, 0.5) is 20.2 Å². The maximum Gasteiger partial charge on any atom is 0.255 e. The highest BCUT2D eigenvalue weighted by Crippen LogP contribution is 2.24. The van der Waals surface area contributed by atoms with Crippen molar-refractivity contribution in [2.24, 2.45) is 0 Å². The maximum atomic E-state index is 12.4. The first-order chi connectivity index (χ1) is 8.32. The molecule has 1 aromatic carbocycles. The van der Waals surface area contributed by atoms with Crippen molar-refractivity contribution in [2.75, 3.05) is 38.3 Å². The van der Waals surface area contributed by atoms with Crippen molar-refractivity contribution in [3.63, 3.8) is 0 Å². The third-order valence-corrected chi connectivity index (χ3v) is 2.48. The highest BCUT2D eigenvalue weighted by molar-refractivity contribution is 6.00. The normalized spacial score (nSPS) is 10.6. The number of anilines is 2. The number of hydrogen-bond acceptors (Lipinski definition) is 3. The monoisotopic (exact) mass is 257 g/mol. The third kappa shape index (κ3) is 3.32. The van der Waals surface area contributed by atoms with Gasteiger partial charge in [-0.05, 0) is 18.2 Å². The van der Waals surface area contributed by atoms with E-state index in [2.05, 4.69) is 0 Å². The van der Waals surface area contributed by atoms with Crippen LogP contribution in [-0.2, 0) is 0 Å². The highest BCUT2D eigenvalue weighted by Gasteiger charge is 2.18. The van der Waals surface area contributed by atoms with Gasteiger partial charge in [-0.3, -0.25) is 4.79 Å². The number of benzene rings is 1. The molecule has 1 aromatic rings. The van der Waals surface area contributed by atoms with Crippen LogP contribution in [0.15, 0.2) is 18.2 Å². The summed E-state index contributed by atoms with van der Waals surface area (Å²) in [5, 5.41) is 0. The zero-order valence-electron chi connectivity index (χ0n) is 10.7. The molecule has 0 aromatic heterocycles. The first kappa shape index (κ1) is 14.2. The predicted molar refractivity (Wildman–Crippen MR) is 68.1 cm³/mol. The average molecular weight is 257 g/mol. The van der Waals surface area contributed by atoms with E-state index in [1.807, 2.05) is 0 Å². The maximum absolute atomic E-state index is 12.4. The van der Waals surface area contributed by atoms with E-state index in [1.165, 1.54) is 22.9 Å². The van der Waals surface area contributed by atoms with Crippen LogP contribution in [-0.4, -0.2) is 44.9 Å². The Morgan fingerprint density at radius 3 is 2.44 bits per heavy atom. The molecule has 0 saturated carbocycles. The number of rotatable bonds is 4. The number of halogens is 2. The van der Waals surface area contributed by atoms with E-state index in [4.69, 9.17) is 5.73 Å². The second kappa shape index (κ2) is 5.66. The Morgan fingerprint density at radius 2 is 1.94 bits per heavy atom. The number of hydrogen-bond donors (Lipinski definition) is 1. The van der Waals surface area contributed by atoms with Crippen molar-refractivity contribution >= 4 is 17.3 Å². The number of amides is 1. The van der Waals surface area contributed by atoms with Gasteiger partial charge in [-0.15, -0.1) is 0 Å². The standard InChI is InChI=1S/C12H17F2N3O/c1-16(2)12(18)9-5-4-8(15)6-10(9)17(3)7-11(13)14/h4-6,11H,7,15H2,1-3H3. The number of nitrogens with zero attached hydrogens (tertiary/aromatic N) is 2. The van der Waals surface area contributed by atoms with Gasteiger partial charge in [0, 0.05) is 26.8 Å². The summed E-state index contributed by atoms with van der Waals surface area (Å²) in [6.07, 6.45) is -2.47. The second-order valence-electron chi connectivity index (χ2n) is 4.25. The van der Waals surface area contributed by atoms with E-state index >= 15 is 0 Å². The summed E-state index contributed by atoms with van der Waals surface area (Å²) in [4.78, 5) is 14.7. The Hall–Kier alpha value is -1.85. The zero-order chi connectivity index (χ0) is 13.9. The Labute approximate surface area is 105 Å². The number of carbonyl (C=O) groups is 1. The van der Waals surface area contributed by atoms with Crippen molar-refractivity contribution in [1.29, 1.82) is 0 Å². The largest absolute Gasteiger partial charge is 0.399 e. The predicted octanol–water partition coefficient (Wildman–Crippen LogP) is 1.67. The second-order valence-corrected chi connectivity index (χ2v) is 4.25. The molecule has 6 heteroatoms. The molecule has 0 unspecified atom stereocenters. The van der Waals surface area contributed by atoms with Crippen LogP contribution in [0.5, 0.6) is 0 Å². The van der Waals surface area contributed by atoms with Gasteiger partial charge < -0.3 is 15.5 Å². The van der Waals surface area contributed by atoms with Gasteiger partial charge in [0.15, 0.2) is 0 Å². The summed E-state index contributed by atoms with van der Waals surface area (Å²) in [7, 11) is 4.72. The molecule has 2 N–H and O–H groups in total. The summed E-state index contributed by atoms with van der Waals surface area (Å²) in [6.45, 7) is -0.447. The molecule has 18 heavy (non-hydrogen) atoms. The summed E-state index contributed by atoms with van der Waals surface area (Å²) in [6, 6.07) is 4.66. The van der Waals surface area contributed by atoms with Crippen LogP contribution in [0.25, 0.3) is 0 Å². The summed E-state index contributed by atoms with van der Waals surface area (Å²) in [5.74, 6) is -0.244. The number of alkyl halides is 2. The van der Waals surface area contributed by atoms with Crippen molar-refractivity contribution in [2.45, 2.75) is 6.43 Å². The van der Waals surface area contributed by atoms with Crippen molar-refractivity contribution in [3.05, 3.63) is 23.8 Å². The van der Waals surface area contributed by atoms with Crippen LogP contribution in [0.2, 0.25) is 0 Å². The molecule has 1 rings (SSSR count). The van der Waals surface area contributed by atoms with Crippen LogP contribution >= 0.6 is 0 Å². The minimum Gasteiger partial charge on any atom is -0.399 e. The topological polar surface area (TPSA) is 49.6 Å². The van der Waals surface area contributed by atoms with Crippen LogP contribution < -0.4 is 10.6 Å². The van der Waals surface area contributed by atoms with Crippen LogP contribution in [0, 0.1) is 0 Å². The van der Waals surface area contributed by atoms with Gasteiger partial charge in [0.25, 0.3) is 12.3 Å². The Morgan fingerprint density at radius 1 is 1.33 bits per heavy atom. The van der Waals surface area contributed by atoms with E-state index in [1.54, 1.807) is 26.2 Å². The fraction of sp³-hybridized carbons (Fsp3) is 0.417. The van der Waals surface area contributed by atoms with E-state index in [0.717, 1.165) is 0 Å². The van der Waals surface area contributed by atoms with Gasteiger partial charge in [0.05, 0.1) is 17.8 Å². The smallest absolute Gasteiger partial charge is 0.255 e. The molecule has 0 aliphatic carbocycles. The van der Waals surface area contributed by atoms with Crippen LogP contribution in [0.1, 0.15) is 10.4 Å². The number of nitrogens with two attached hydrogens (primary N) is 1. The number of nitrogen functional groups attached to an aromatic ring is 1. The van der Waals surface area contributed by atoms with Gasteiger partial charge in [-0.2, -0.15) is 0 Å². The lowest BCUT2D eigenvalue weighted by Crippen LogP contribution is -2.29. The van der Waals surface area contributed by atoms with E-state index < -0.39 is 13.0 Å². The SMILES string of the molecule is CN(C)C(=O)c1ccc(N)cc1N(C)CC(F)F. The van der Waals surface area contributed by atoms with E-state index in [0.29, 0.717) is 16.9 Å². The molecule has 0 aliphatic heterocycles. The molecule has 0 fully saturated rings. The quantitative estimate of drug-likeness (QED) is 0.835. The lowest BCUT2D eigenvalue weighted by atomic mass is 10.1. The summed E-state index contributed by atoms with van der Waals surface area (Å²) < 4.78 is 24.8. The fourth-order valence-electron chi connectivity index (χ4n) is 1.59. The Balaban J connectivity index is 3.15. The molecule has 0 bridgehead atoms. The van der Waals surface area contributed by atoms with E-state index in [9.17, 15) is 13.6 Å². The Bertz CT molecular complexity index is 435. The molecular weight excluding hydrogens is 240 g/mol. The molecule has 0 atom stereocenters. The van der Waals surface area contributed by atoms with Crippen molar-refractivity contribution < 1.29 is 13.6 Å².